The summed E-state index contributed by atoms with van der Waals surface area (Å²) in [6, 6.07) is 9.20. The summed E-state index contributed by atoms with van der Waals surface area (Å²) in [4.78, 5) is 25.2. The Morgan fingerprint density at radius 3 is 2.48 bits per heavy atom. The van der Waals surface area contributed by atoms with Gasteiger partial charge in [-0.3, -0.25) is 0 Å². The van der Waals surface area contributed by atoms with Crippen LogP contribution >= 0.6 is 0 Å². The molecule has 1 aromatic carbocycles. The second-order valence-corrected chi connectivity index (χ2v) is 7.05. The molecule has 2 amide bonds. The first-order valence-electron chi connectivity index (χ1n) is 9.68. The second-order valence-electron chi connectivity index (χ2n) is 7.05. The van der Waals surface area contributed by atoms with Gasteiger partial charge in [0.05, 0.1) is 13.2 Å². The van der Waals surface area contributed by atoms with Crippen LogP contribution in [0.2, 0.25) is 0 Å². The number of rotatable bonds is 7. The topological polar surface area (TPSA) is 85.9 Å². The zero-order chi connectivity index (χ0) is 19.0. The highest BCUT2D eigenvalue weighted by molar-refractivity contribution is 5.87. The predicted molar refractivity (Wildman–Crippen MR) is 98.9 cm³/mol. The Bertz CT molecular complexity index is 610. The Hall–Kier alpha value is -2.12. The molecular weight excluding hydrogens is 348 g/mol. The van der Waals surface area contributed by atoms with Crippen molar-refractivity contribution in [2.24, 2.45) is 0 Å². The Balaban J connectivity index is 1.51. The van der Waals surface area contributed by atoms with Crippen molar-refractivity contribution in [3.8, 4) is 0 Å². The maximum atomic E-state index is 12.8. The molecular formula is C20H28N2O5. The Morgan fingerprint density at radius 1 is 1.07 bits per heavy atom. The molecule has 27 heavy (non-hydrogen) atoms. The monoisotopic (exact) mass is 376 g/mol. The number of hydrogen-bond donors (Lipinski definition) is 2. The third-order valence-electron chi connectivity index (χ3n) is 5.02. The first kappa shape index (κ1) is 19.6. The van der Waals surface area contributed by atoms with E-state index in [0.717, 1.165) is 24.8 Å². The largest absolute Gasteiger partial charge is 0.459 e. The van der Waals surface area contributed by atoms with Gasteiger partial charge >= 0.3 is 12.0 Å². The van der Waals surface area contributed by atoms with Crippen LogP contribution < -0.4 is 10.6 Å². The third kappa shape index (κ3) is 5.68. The fraction of sp³-hybridized carbons (Fsp3) is 0.600. The van der Waals surface area contributed by atoms with Crippen molar-refractivity contribution >= 4 is 12.0 Å². The van der Waals surface area contributed by atoms with Crippen molar-refractivity contribution < 1.29 is 23.8 Å². The van der Waals surface area contributed by atoms with Gasteiger partial charge in [0, 0.05) is 13.0 Å². The molecule has 148 valence electrons. The van der Waals surface area contributed by atoms with Crippen molar-refractivity contribution in [3.63, 3.8) is 0 Å². The molecule has 1 heterocycles. The van der Waals surface area contributed by atoms with E-state index >= 15 is 0 Å². The predicted octanol–water partition coefficient (Wildman–Crippen LogP) is 2.49. The lowest BCUT2D eigenvalue weighted by atomic mass is 9.81. The smallest absolute Gasteiger partial charge is 0.332 e. The van der Waals surface area contributed by atoms with Gasteiger partial charge in [0.25, 0.3) is 0 Å². The molecule has 2 aliphatic rings. The fourth-order valence-corrected chi connectivity index (χ4v) is 3.54. The van der Waals surface area contributed by atoms with Crippen LogP contribution in [0.1, 0.15) is 44.1 Å². The van der Waals surface area contributed by atoms with Gasteiger partial charge in [0.2, 0.25) is 0 Å². The molecule has 0 aromatic heterocycles. The van der Waals surface area contributed by atoms with Crippen LogP contribution in [0.15, 0.2) is 30.3 Å². The molecule has 1 aliphatic heterocycles. The third-order valence-corrected chi connectivity index (χ3v) is 5.02. The van der Waals surface area contributed by atoms with E-state index in [1.54, 1.807) is 0 Å². The second kappa shape index (κ2) is 9.71. The maximum Gasteiger partial charge on any atom is 0.332 e. The van der Waals surface area contributed by atoms with E-state index in [1.165, 1.54) is 0 Å². The molecule has 2 N–H and O–H groups in total. The maximum absolute atomic E-state index is 12.8. The van der Waals surface area contributed by atoms with Crippen molar-refractivity contribution in [2.75, 3.05) is 19.8 Å². The summed E-state index contributed by atoms with van der Waals surface area (Å²) in [5.41, 5.74) is -0.0184. The van der Waals surface area contributed by atoms with E-state index in [0.29, 0.717) is 39.0 Å². The average Bonchev–Trinajstić information content (AvgIpc) is 3.21. The molecule has 0 bridgehead atoms. The summed E-state index contributed by atoms with van der Waals surface area (Å²) >= 11 is 0. The number of esters is 1. The molecule has 3 rings (SSSR count). The van der Waals surface area contributed by atoms with Crippen LogP contribution in [-0.2, 0) is 25.6 Å². The van der Waals surface area contributed by atoms with Gasteiger partial charge in [0.15, 0.2) is 6.29 Å². The molecule has 1 aliphatic carbocycles. The van der Waals surface area contributed by atoms with E-state index in [1.807, 2.05) is 30.3 Å². The number of amides is 2. The fourth-order valence-electron chi connectivity index (χ4n) is 3.54. The highest BCUT2D eigenvalue weighted by Crippen LogP contribution is 2.29. The van der Waals surface area contributed by atoms with Crippen molar-refractivity contribution in [1.82, 2.24) is 10.6 Å². The molecule has 0 radical (unpaired) electrons. The van der Waals surface area contributed by atoms with Gasteiger partial charge in [-0.2, -0.15) is 0 Å². The van der Waals surface area contributed by atoms with Crippen LogP contribution in [0.5, 0.6) is 0 Å². The van der Waals surface area contributed by atoms with Crippen molar-refractivity contribution in [3.05, 3.63) is 35.9 Å². The van der Waals surface area contributed by atoms with Gasteiger partial charge in [-0.25, -0.2) is 9.59 Å². The van der Waals surface area contributed by atoms with Gasteiger partial charge in [-0.1, -0.05) is 49.6 Å². The number of carbonyl (C=O) groups excluding carboxylic acids is 2. The Morgan fingerprint density at radius 2 is 1.78 bits per heavy atom. The number of carbonyl (C=O) groups is 2. The quantitative estimate of drug-likeness (QED) is 0.714. The number of ether oxygens (including phenoxy) is 3. The lowest BCUT2D eigenvalue weighted by Crippen LogP contribution is -2.58. The SMILES string of the molecule is O=C(NCCC1OCCO1)NC1(C(=O)OCc2ccccc2)CCCCC1. The molecule has 0 spiro atoms. The molecule has 2 fully saturated rings. The lowest BCUT2D eigenvalue weighted by Gasteiger charge is -2.35. The standard InChI is InChI=1S/C20H28N2O5/c23-18(27-15-16-7-3-1-4-8-16)20(10-5-2-6-11-20)22-19(24)21-12-9-17-25-13-14-26-17/h1,3-4,7-8,17H,2,5-6,9-15H2,(H2,21,22,24). The number of hydrogen-bond acceptors (Lipinski definition) is 5. The van der Waals surface area contributed by atoms with E-state index in [9.17, 15) is 9.59 Å². The van der Waals surface area contributed by atoms with E-state index in [2.05, 4.69) is 10.6 Å². The van der Waals surface area contributed by atoms with Gasteiger partial charge < -0.3 is 24.8 Å². The number of benzene rings is 1. The summed E-state index contributed by atoms with van der Waals surface area (Å²) in [7, 11) is 0. The molecule has 1 aromatic rings. The average molecular weight is 376 g/mol. The number of nitrogens with one attached hydrogen (secondary N) is 2. The minimum absolute atomic E-state index is 0.209. The Labute approximate surface area is 159 Å². The lowest BCUT2D eigenvalue weighted by molar-refractivity contribution is -0.154. The van der Waals surface area contributed by atoms with Crippen LogP contribution in [-0.4, -0.2) is 43.6 Å². The first-order chi connectivity index (χ1) is 13.2. The zero-order valence-electron chi connectivity index (χ0n) is 15.6. The van der Waals surface area contributed by atoms with Crippen LogP contribution in [0, 0.1) is 0 Å². The summed E-state index contributed by atoms with van der Waals surface area (Å²) in [5, 5.41) is 5.68. The molecule has 0 unspecified atom stereocenters. The minimum atomic E-state index is -0.947. The zero-order valence-corrected chi connectivity index (χ0v) is 15.6. The molecule has 0 atom stereocenters. The normalized spacial score (nSPS) is 19.4. The van der Waals surface area contributed by atoms with Crippen molar-refractivity contribution in [2.45, 2.75) is 57.0 Å². The molecule has 1 saturated heterocycles. The van der Waals surface area contributed by atoms with Crippen LogP contribution in [0.25, 0.3) is 0 Å². The molecule has 1 saturated carbocycles. The summed E-state index contributed by atoms with van der Waals surface area (Å²) < 4.78 is 16.2. The molecule has 7 nitrogen and oxygen atoms in total. The summed E-state index contributed by atoms with van der Waals surface area (Å²) in [6.45, 7) is 1.81. The minimum Gasteiger partial charge on any atom is -0.459 e. The first-order valence-corrected chi connectivity index (χ1v) is 9.68. The summed E-state index contributed by atoms with van der Waals surface area (Å²) in [5.74, 6) is -0.358. The summed E-state index contributed by atoms with van der Waals surface area (Å²) in [6.07, 6.45) is 4.37. The van der Waals surface area contributed by atoms with E-state index in [-0.39, 0.29) is 24.9 Å². The van der Waals surface area contributed by atoms with Gasteiger partial charge in [0.1, 0.15) is 12.1 Å². The van der Waals surface area contributed by atoms with E-state index in [4.69, 9.17) is 14.2 Å². The van der Waals surface area contributed by atoms with Gasteiger partial charge in [-0.05, 0) is 18.4 Å². The van der Waals surface area contributed by atoms with Gasteiger partial charge in [-0.15, -0.1) is 0 Å². The highest BCUT2D eigenvalue weighted by atomic mass is 16.7. The van der Waals surface area contributed by atoms with E-state index < -0.39 is 5.54 Å². The highest BCUT2D eigenvalue weighted by Gasteiger charge is 2.42. The van der Waals surface area contributed by atoms with Crippen LogP contribution in [0.3, 0.4) is 0 Å². The number of urea groups is 1. The van der Waals surface area contributed by atoms with Crippen LogP contribution in [0.4, 0.5) is 4.79 Å². The molecule has 7 heteroatoms. The van der Waals surface area contributed by atoms with Crippen molar-refractivity contribution in [1.29, 1.82) is 0 Å². The Kier molecular flexibility index (Phi) is 7.06.